The summed E-state index contributed by atoms with van der Waals surface area (Å²) < 4.78 is 39.1. The number of halogens is 3. The van der Waals surface area contributed by atoms with Crippen molar-refractivity contribution < 1.29 is 13.2 Å². The van der Waals surface area contributed by atoms with E-state index in [1.165, 1.54) is 12.1 Å². The molecule has 0 N–H and O–H groups in total. The number of hydrogen-bond acceptors (Lipinski definition) is 4. The smallest absolute Gasteiger partial charge is 0.240 e. The zero-order valence-electron chi connectivity index (χ0n) is 18.4. The molecule has 0 aliphatic heterocycles. The Morgan fingerprint density at radius 3 is 1.60 bits per heavy atom. The van der Waals surface area contributed by atoms with Crippen molar-refractivity contribution in [2.24, 2.45) is 23.7 Å². The van der Waals surface area contributed by atoms with Gasteiger partial charge in [0.2, 0.25) is 0 Å². The fourth-order valence-corrected chi connectivity index (χ4v) is 2.53. The molecule has 2 aromatic rings. The van der Waals surface area contributed by atoms with Gasteiger partial charge in [0.05, 0.1) is 0 Å². The van der Waals surface area contributed by atoms with E-state index < -0.39 is 11.9 Å². The molecule has 0 bridgehead atoms. The Labute approximate surface area is 191 Å². The average Bonchev–Trinajstić information content (AvgIpc) is 2.60. The molecule has 0 aliphatic rings. The summed E-state index contributed by atoms with van der Waals surface area (Å²) in [5, 5.41) is 0. The quantitative estimate of drug-likeness (QED) is 0.518. The van der Waals surface area contributed by atoms with Crippen molar-refractivity contribution in [1.29, 1.82) is 0 Å². The first-order valence-electron chi connectivity index (χ1n) is 9.75. The van der Waals surface area contributed by atoms with Gasteiger partial charge in [-0.05, 0) is 35.8 Å². The summed E-state index contributed by atoms with van der Waals surface area (Å²) in [6.07, 6.45) is -3.21. The normalized spacial score (nSPS) is 13.6. The van der Waals surface area contributed by atoms with E-state index in [4.69, 9.17) is 0 Å². The van der Waals surface area contributed by atoms with Crippen LogP contribution in [0.3, 0.4) is 0 Å². The maximum Gasteiger partial charge on any atom is 0.433 e. The molecule has 0 amide bonds. The van der Waals surface area contributed by atoms with Crippen LogP contribution < -0.4 is 0 Å². The van der Waals surface area contributed by atoms with E-state index in [0.717, 1.165) is 6.07 Å². The van der Waals surface area contributed by atoms with Crippen molar-refractivity contribution in [2.75, 3.05) is 0 Å². The SMILES string of the molecule is CC(C)[C@H](C)Cc1nc(C[C@@H](C)C(C)C)nc(-c2cccc(C(F)(F)F)n2)n1.S.S. The van der Waals surface area contributed by atoms with Crippen LogP contribution in [0, 0.1) is 23.7 Å². The molecule has 2 heterocycles. The molecule has 2 atom stereocenters. The average molecular weight is 463 g/mol. The van der Waals surface area contributed by atoms with Gasteiger partial charge in [0, 0.05) is 12.8 Å². The van der Waals surface area contributed by atoms with Gasteiger partial charge in [-0.3, -0.25) is 0 Å². The molecule has 4 nitrogen and oxygen atoms in total. The lowest BCUT2D eigenvalue weighted by Gasteiger charge is -2.17. The number of aromatic nitrogens is 4. The predicted octanol–water partition coefficient (Wildman–Crippen LogP) is 5.85. The van der Waals surface area contributed by atoms with E-state index in [1.54, 1.807) is 0 Å². The van der Waals surface area contributed by atoms with Gasteiger partial charge in [0.1, 0.15) is 23.0 Å². The molecule has 30 heavy (non-hydrogen) atoms. The number of pyridine rings is 1. The highest BCUT2D eigenvalue weighted by Gasteiger charge is 2.32. The second kappa shape index (κ2) is 11.9. The second-order valence-electron chi connectivity index (χ2n) is 8.25. The molecule has 0 aliphatic carbocycles. The summed E-state index contributed by atoms with van der Waals surface area (Å²) in [5.74, 6) is 3.01. The molecular weight excluding hydrogens is 429 g/mol. The van der Waals surface area contributed by atoms with Crippen LogP contribution in [0.25, 0.3) is 11.5 Å². The lowest BCUT2D eigenvalue weighted by Crippen LogP contribution is -2.16. The summed E-state index contributed by atoms with van der Waals surface area (Å²) >= 11 is 0. The Bertz CT molecular complexity index is 764. The highest BCUT2D eigenvalue weighted by molar-refractivity contribution is 7.59. The van der Waals surface area contributed by atoms with Crippen molar-refractivity contribution in [1.82, 2.24) is 19.9 Å². The Kier molecular flexibility index (Phi) is 11.3. The Balaban J connectivity index is 0.00000420. The van der Waals surface area contributed by atoms with Gasteiger partial charge in [-0.2, -0.15) is 40.2 Å². The minimum absolute atomic E-state index is 0. The van der Waals surface area contributed by atoms with Crippen molar-refractivity contribution >= 4 is 27.0 Å². The largest absolute Gasteiger partial charge is 0.433 e. The Morgan fingerprint density at radius 2 is 1.20 bits per heavy atom. The van der Waals surface area contributed by atoms with Gasteiger partial charge >= 0.3 is 6.18 Å². The second-order valence-corrected chi connectivity index (χ2v) is 8.25. The molecule has 2 aromatic heterocycles. The lowest BCUT2D eigenvalue weighted by atomic mass is 9.93. The molecule has 0 saturated carbocycles. The zero-order chi connectivity index (χ0) is 21.1. The van der Waals surface area contributed by atoms with Gasteiger partial charge in [-0.15, -0.1) is 0 Å². The lowest BCUT2D eigenvalue weighted by molar-refractivity contribution is -0.141. The summed E-state index contributed by atoms with van der Waals surface area (Å²) in [4.78, 5) is 17.2. The van der Waals surface area contributed by atoms with Crippen LogP contribution in [-0.4, -0.2) is 19.9 Å². The first-order chi connectivity index (χ1) is 13.0. The molecule has 2 rings (SSSR count). The molecule has 9 heteroatoms. The van der Waals surface area contributed by atoms with Crippen molar-refractivity contribution in [2.45, 2.75) is 60.6 Å². The van der Waals surface area contributed by atoms with Crippen LogP contribution in [0.15, 0.2) is 18.2 Å². The van der Waals surface area contributed by atoms with E-state index in [0.29, 0.717) is 48.2 Å². The molecule has 0 spiro atoms. The summed E-state index contributed by atoms with van der Waals surface area (Å²) in [7, 11) is 0. The molecule has 0 aromatic carbocycles. The minimum Gasteiger partial charge on any atom is -0.240 e. The number of rotatable bonds is 7. The molecule has 170 valence electrons. The van der Waals surface area contributed by atoms with Gasteiger partial charge in [-0.25, -0.2) is 19.9 Å². The van der Waals surface area contributed by atoms with E-state index in [9.17, 15) is 13.2 Å². The Hall–Kier alpha value is -1.35. The van der Waals surface area contributed by atoms with Gasteiger partial charge in [-0.1, -0.05) is 47.6 Å². The highest BCUT2D eigenvalue weighted by atomic mass is 32.1. The standard InChI is InChI=1S/C21H29F3N4.2H2S/c1-12(2)14(5)10-18-26-19(11-15(6)13(3)4)28-20(27-18)16-8-7-9-17(25-16)21(22,23)24;;/h7-9,12-15H,10-11H2,1-6H3;2*1H2/t14-,15-;;/m1../s1. The molecular formula is C21H33F3N4S2. The highest BCUT2D eigenvalue weighted by Crippen LogP contribution is 2.29. The molecule has 0 unspecified atom stereocenters. The van der Waals surface area contributed by atoms with E-state index in [1.807, 2.05) is 0 Å². The van der Waals surface area contributed by atoms with Crippen LogP contribution in [0.1, 0.15) is 58.9 Å². The van der Waals surface area contributed by atoms with Crippen LogP contribution in [0.4, 0.5) is 13.2 Å². The maximum atomic E-state index is 13.0. The fourth-order valence-electron chi connectivity index (χ4n) is 2.53. The number of hydrogen-bond donors (Lipinski definition) is 0. The topological polar surface area (TPSA) is 51.6 Å². The summed E-state index contributed by atoms with van der Waals surface area (Å²) in [6.45, 7) is 12.7. The maximum absolute atomic E-state index is 13.0. The first kappa shape index (κ1) is 28.6. The van der Waals surface area contributed by atoms with Crippen molar-refractivity contribution in [3.63, 3.8) is 0 Å². The van der Waals surface area contributed by atoms with E-state index >= 15 is 0 Å². The Morgan fingerprint density at radius 1 is 0.733 bits per heavy atom. The van der Waals surface area contributed by atoms with Crippen molar-refractivity contribution in [3.8, 4) is 11.5 Å². The third kappa shape index (κ3) is 8.06. The number of alkyl halides is 3. The third-order valence-electron chi connectivity index (χ3n) is 5.28. The van der Waals surface area contributed by atoms with Gasteiger partial charge < -0.3 is 0 Å². The van der Waals surface area contributed by atoms with Crippen LogP contribution in [0.2, 0.25) is 0 Å². The first-order valence-corrected chi connectivity index (χ1v) is 9.75. The molecule has 0 fully saturated rings. The minimum atomic E-state index is -4.51. The van der Waals surface area contributed by atoms with Gasteiger partial charge in [0.15, 0.2) is 5.82 Å². The fraction of sp³-hybridized carbons (Fsp3) is 0.619. The van der Waals surface area contributed by atoms with Crippen molar-refractivity contribution in [3.05, 3.63) is 35.5 Å². The zero-order valence-corrected chi connectivity index (χ0v) is 20.4. The van der Waals surface area contributed by atoms with Crippen LogP contribution >= 0.6 is 27.0 Å². The summed E-state index contributed by atoms with van der Waals surface area (Å²) in [5.41, 5.74) is -0.825. The molecule has 0 radical (unpaired) electrons. The number of nitrogens with zero attached hydrogens (tertiary/aromatic N) is 4. The van der Waals surface area contributed by atoms with Crippen LogP contribution in [0.5, 0.6) is 0 Å². The van der Waals surface area contributed by atoms with E-state index in [2.05, 4.69) is 61.5 Å². The summed E-state index contributed by atoms with van der Waals surface area (Å²) in [6, 6.07) is 3.80. The third-order valence-corrected chi connectivity index (χ3v) is 5.28. The predicted molar refractivity (Wildman–Crippen MR) is 124 cm³/mol. The monoisotopic (exact) mass is 462 g/mol. The van der Waals surface area contributed by atoms with E-state index in [-0.39, 0.29) is 38.5 Å². The van der Waals surface area contributed by atoms with Crippen LogP contribution in [-0.2, 0) is 19.0 Å². The van der Waals surface area contributed by atoms with Gasteiger partial charge in [0.25, 0.3) is 0 Å². The molecule has 0 saturated heterocycles.